The van der Waals surface area contributed by atoms with Crippen LogP contribution in [-0.2, 0) is 27.3 Å². The number of fused-ring (bicyclic) bond motifs is 1. The summed E-state index contributed by atoms with van der Waals surface area (Å²) in [7, 11) is 1.59. The van der Waals surface area contributed by atoms with E-state index in [1.165, 1.54) is 0 Å². The number of hydrogen-bond acceptors (Lipinski definition) is 6. The maximum Gasteiger partial charge on any atom is 0.290 e. The normalized spacial score (nSPS) is 15.2. The van der Waals surface area contributed by atoms with Crippen molar-refractivity contribution in [3.63, 3.8) is 0 Å². The number of carbonyl (C=O) groups excluding carboxylic acids is 1. The molecule has 2 aromatic carbocycles. The quantitative estimate of drug-likeness (QED) is 0.389. The Bertz CT molecular complexity index is 1230. The van der Waals surface area contributed by atoms with E-state index in [9.17, 15) is 9.59 Å². The van der Waals surface area contributed by atoms with Gasteiger partial charge in [0.1, 0.15) is 0 Å². The molecule has 1 fully saturated rings. The number of likely N-dealkylation sites (tertiary alicyclic amines) is 1. The molecule has 1 aliphatic heterocycles. The first-order valence-electron chi connectivity index (χ1n) is 12.3. The largest absolute Gasteiger partial charge is 0.483 e. The topological polar surface area (TPSA) is 114 Å². The number of carboxylic acid groups (broad SMARTS) is 1. The van der Waals surface area contributed by atoms with Gasteiger partial charge in [0.25, 0.3) is 12.0 Å². The molecular weight excluding hydrogens is 496 g/mol. The summed E-state index contributed by atoms with van der Waals surface area (Å²) < 4.78 is 6.59. The zero-order valence-corrected chi connectivity index (χ0v) is 21.7. The lowest BCUT2D eigenvalue weighted by molar-refractivity contribution is -0.123. The van der Waals surface area contributed by atoms with Crippen LogP contribution in [0.25, 0.3) is 10.8 Å². The Labute approximate surface area is 221 Å². The number of amides is 1. The smallest absolute Gasteiger partial charge is 0.290 e. The van der Waals surface area contributed by atoms with Crippen molar-refractivity contribution < 1.29 is 19.4 Å². The monoisotopic (exact) mass is 528 g/mol. The van der Waals surface area contributed by atoms with Crippen molar-refractivity contribution in [3.8, 4) is 0 Å². The van der Waals surface area contributed by atoms with Crippen LogP contribution in [0.15, 0.2) is 53.3 Å². The van der Waals surface area contributed by atoms with Gasteiger partial charge in [-0.1, -0.05) is 41.9 Å². The summed E-state index contributed by atoms with van der Waals surface area (Å²) >= 11 is 6.05. The molecular formula is C27H33ClN4O5. The zero-order chi connectivity index (χ0) is 26.6. The Hall–Kier alpha value is -3.27. The van der Waals surface area contributed by atoms with Crippen molar-refractivity contribution in [3.05, 3.63) is 75.2 Å². The lowest BCUT2D eigenvalue weighted by Gasteiger charge is -2.25. The average molecular weight is 529 g/mol. The molecule has 198 valence electrons. The van der Waals surface area contributed by atoms with E-state index in [-0.39, 0.29) is 24.0 Å². The number of rotatable bonds is 10. The predicted molar refractivity (Wildman–Crippen MR) is 143 cm³/mol. The molecule has 1 aromatic heterocycles. The third-order valence-corrected chi connectivity index (χ3v) is 6.62. The van der Waals surface area contributed by atoms with Gasteiger partial charge in [-0.05, 0) is 43.1 Å². The van der Waals surface area contributed by atoms with Crippen molar-refractivity contribution in [1.82, 2.24) is 20.0 Å². The molecule has 2 N–H and O–H groups in total. The lowest BCUT2D eigenvalue weighted by atomic mass is 10.0. The van der Waals surface area contributed by atoms with Gasteiger partial charge >= 0.3 is 0 Å². The van der Waals surface area contributed by atoms with E-state index < -0.39 is 0 Å². The van der Waals surface area contributed by atoms with Crippen LogP contribution in [-0.4, -0.2) is 71.6 Å². The molecule has 0 bridgehead atoms. The molecule has 0 spiro atoms. The third-order valence-electron chi connectivity index (χ3n) is 6.37. The standard InChI is InChI=1S/C26H31ClN4O3.CH2O2/c1-34-16-12-25(32)28-13-15-30-14-4-5-21(30)18-31-26(33)23-7-3-2-6-22(23)24(29-31)17-19-8-10-20(27)11-9-19;2-1-3/h2-3,6-11,21H,4-5,12-18H2,1H3,(H,28,32);1H,(H,2,3)/t21-;/m1./s1. The second-order valence-electron chi connectivity index (χ2n) is 8.81. The van der Waals surface area contributed by atoms with Crippen LogP contribution < -0.4 is 10.9 Å². The summed E-state index contributed by atoms with van der Waals surface area (Å²) in [6.07, 6.45) is 3.07. The first kappa shape index (κ1) is 28.3. The summed E-state index contributed by atoms with van der Waals surface area (Å²) in [5.74, 6) is -0.00291. The van der Waals surface area contributed by atoms with Gasteiger partial charge in [0.15, 0.2) is 0 Å². The van der Waals surface area contributed by atoms with Gasteiger partial charge in [-0.15, -0.1) is 0 Å². The maximum atomic E-state index is 13.3. The lowest BCUT2D eigenvalue weighted by Crippen LogP contribution is -2.41. The Balaban J connectivity index is 0.00000121. The molecule has 1 aliphatic rings. The summed E-state index contributed by atoms with van der Waals surface area (Å²) in [5.41, 5.74) is 1.92. The van der Waals surface area contributed by atoms with E-state index in [0.717, 1.165) is 42.6 Å². The van der Waals surface area contributed by atoms with Crippen LogP contribution in [0.2, 0.25) is 5.02 Å². The highest BCUT2D eigenvalue weighted by molar-refractivity contribution is 6.30. The first-order valence-corrected chi connectivity index (χ1v) is 12.6. The SMILES string of the molecule is COCCC(=O)NCCN1CCC[C@@H]1Cn1nc(Cc2ccc(Cl)cc2)c2ccccc2c1=O.O=CO. The fourth-order valence-electron chi connectivity index (χ4n) is 4.57. The maximum absolute atomic E-state index is 13.3. The number of ether oxygens (including phenoxy) is 1. The molecule has 1 amide bonds. The van der Waals surface area contributed by atoms with Crippen LogP contribution in [0.4, 0.5) is 0 Å². The third kappa shape index (κ3) is 8.11. The Morgan fingerprint density at radius 1 is 1.22 bits per heavy atom. The van der Waals surface area contributed by atoms with Crippen molar-refractivity contribution in [1.29, 1.82) is 0 Å². The Morgan fingerprint density at radius 3 is 2.62 bits per heavy atom. The number of nitrogens with one attached hydrogen (secondary N) is 1. The molecule has 1 atom stereocenters. The predicted octanol–water partition coefficient (Wildman–Crippen LogP) is 2.96. The van der Waals surface area contributed by atoms with E-state index >= 15 is 0 Å². The van der Waals surface area contributed by atoms with Crippen LogP contribution in [0, 0.1) is 0 Å². The van der Waals surface area contributed by atoms with Crippen LogP contribution >= 0.6 is 11.6 Å². The van der Waals surface area contributed by atoms with Gasteiger partial charge in [0.2, 0.25) is 5.91 Å². The summed E-state index contributed by atoms with van der Waals surface area (Å²) in [6.45, 7) is 3.00. The number of benzene rings is 2. The van der Waals surface area contributed by atoms with Gasteiger partial charge in [0.05, 0.1) is 24.2 Å². The first-order chi connectivity index (χ1) is 18.0. The van der Waals surface area contributed by atoms with E-state index in [1.54, 1.807) is 11.8 Å². The van der Waals surface area contributed by atoms with Crippen LogP contribution in [0.3, 0.4) is 0 Å². The van der Waals surface area contributed by atoms with Crippen molar-refractivity contribution in [2.45, 2.75) is 38.3 Å². The number of carbonyl (C=O) groups is 2. The molecule has 10 heteroatoms. The average Bonchev–Trinajstić information content (AvgIpc) is 3.34. The fraction of sp³-hybridized carbons (Fsp3) is 0.407. The minimum absolute atomic E-state index is 0.00291. The summed E-state index contributed by atoms with van der Waals surface area (Å²) in [6, 6.07) is 15.6. The van der Waals surface area contributed by atoms with Crippen molar-refractivity contribution >= 4 is 34.8 Å². The van der Waals surface area contributed by atoms with Crippen LogP contribution in [0.1, 0.15) is 30.5 Å². The van der Waals surface area contributed by atoms with E-state index in [2.05, 4.69) is 10.2 Å². The molecule has 0 unspecified atom stereocenters. The van der Waals surface area contributed by atoms with Gasteiger partial charge in [0, 0.05) is 49.5 Å². The second kappa shape index (κ2) is 14.5. The van der Waals surface area contributed by atoms with Crippen molar-refractivity contribution in [2.75, 3.05) is 33.4 Å². The van der Waals surface area contributed by atoms with Gasteiger partial charge in [-0.3, -0.25) is 19.3 Å². The Morgan fingerprint density at radius 2 is 1.92 bits per heavy atom. The van der Waals surface area contributed by atoms with E-state index in [0.29, 0.717) is 42.9 Å². The molecule has 0 saturated carbocycles. The number of aromatic nitrogens is 2. The number of nitrogens with zero attached hydrogens (tertiary/aromatic N) is 3. The molecule has 0 aliphatic carbocycles. The highest BCUT2D eigenvalue weighted by Crippen LogP contribution is 2.21. The fourth-order valence-corrected chi connectivity index (χ4v) is 4.70. The van der Waals surface area contributed by atoms with Crippen LogP contribution in [0.5, 0.6) is 0 Å². The zero-order valence-electron chi connectivity index (χ0n) is 20.9. The van der Waals surface area contributed by atoms with E-state index in [4.69, 9.17) is 31.3 Å². The molecule has 0 radical (unpaired) electrons. The molecule has 2 heterocycles. The molecule has 1 saturated heterocycles. The summed E-state index contributed by atoms with van der Waals surface area (Å²) in [5, 5.41) is 16.9. The molecule has 37 heavy (non-hydrogen) atoms. The highest BCUT2D eigenvalue weighted by atomic mass is 35.5. The van der Waals surface area contributed by atoms with E-state index in [1.807, 2.05) is 48.5 Å². The molecule has 4 rings (SSSR count). The van der Waals surface area contributed by atoms with Gasteiger partial charge in [-0.25, -0.2) is 4.68 Å². The number of hydrogen-bond donors (Lipinski definition) is 2. The Kier molecular flexibility index (Phi) is 11.1. The minimum atomic E-state index is -0.250. The van der Waals surface area contributed by atoms with Gasteiger partial charge in [-0.2, -0.15) is 5.10 Å². The molecule has 3 aromatic rings. The number of halogens is 1. The number of methoxy groups -OCH3 is 1. The van der Waals surface area contributed by atoms with Crippen molar-refractivity contribution in [2.24, 2.45) is 0 Å². The summed E-state index contributed by atoms with van der Waals surface area (Å²) in [4.78, 5) is 35.8. The highest BCUT2D eigenvalue weighted by Gasteiger charge is 2.26. The minimum Gasteiger partial charge on any atom is -0.483 e. The van der Waals surface area contributed by atoms with Gasteiger partial charge < -0.3 is 15.2 Å². The second-order valence-corrected chi connectivity index (χ2v) is 9.25. The molecule has 9 nitrogen and oxygen atoms in total.